The van der Waals surface area contributed by atoms with E-state index < -0.39 is 23.7 Å². The zero-order valence-electron chi connectivity index (χ0n) is 13.5. The Morgan fingerprint density at radius 3 is 2.63 bits per heavy atom. The maximum absolute atomic E-state index is 12.6. The maximum atomic E-state index is 12.6. The second-order valence-corrected chi connectivity index (χ2v) is 7.16. The molecule has 0 saturated carbocycles. The van der Waals surface area contributed by atoms with Gasteiger partial charge in [0.1, 0.15) is 12.4 Å². The molecule has 0 atom stereocenters. The van der Waals surface area contributed by atoms with E-state index in [0.29, 0.717) is 22.0 Å². The van der Waals surface area contributed by atoms with Gasteiger partial charge in [-0.2, -0.15) is 0 Å². The highest BCUT2D eigenvalue weighted by Gasteiger charge is 2.36. The molecule has 1 aliphatic heterocycles. The fourth-order valence-corrected chi connectivity index (χ4v) is 3.44. The molecule has 3 rings (SSSR count). The summed E-state index contributed by atoms with van der Waals surface area (Å²) in [6, 6.07) is 10.9. The van der Waals surface area contributed by atoms with Crippen molar-refractivity contribution >= 4 is 63.8 Å². The molecule has 2 aromatic carbocycles. The first-order valence-electron chi connectivity index (χ1n) is 7.51. The molecule has 2 amide bonds. The molecule has 0 aromatic heterocycles. The Kier molecular flexibility index (Phi) is 5.74. The Morgan fingerprint density at radius 1 is 1.15 bits per heavy atom. The first-order valence-corrected chi connectivity index (χ1v) is 9.08. The highest BCUT2D eigenvalue weighted by Crippen LogP contribution is 2.37. The number of carbonyl (C=O) groups excluding carboxylic acids is 3. The van der Waals surface area contributed by atoms with E-state index in [0.717, 1.165) is 16.7 Å². The molecule has 138 valence electrons. The number of nitrogens with zero attached hydrogens (tertiary/aromatic N) is 1. The number of carboxylic acid groups (broad SMARTS) is 1. The Bertz CT molecular complexity index is 976. The van der Waals surface area contributed by atoms with E-state index >= 15 is 0 Å². The number of amides is 2. The summed E-state index contributed by atoms with van der Waals surface area (Å²) < 4.78 is 5.05. The third-order valence-corrected chi connectivity index (χ3v) is 5.08. The third kappa shape index (κ3) is 4.44. The van der Waals surface area contributed by atoms with Crippen molar-refractivity contribution in [3.05, 3.63) is 63.0 Å². The quantitative estimate of drug-likeness (QED) is 0.686. The van der Waals surface area contributed by atoms with Gasteiger partial charge in [-0.15, -0.1) is 0 Å². The van der Waals surface area contributed by atoms with Gasteiger partial charge in [0.25, 0.3) is 11.1 Å². The van der Waals surface area contributed by atoms with Gasteiger partial charge in [-0.05, 0) is 53.7 Å². The summed E-state index contributed by atoms with van der Waals surface area (Å²) in [7, 11) is 0. The Labute approximate surface area is 168 Å². The van der Waals surface area contributed by atoms with Gasteiger partial charge in [0, 0.05) is 0 Å². The van der Waals surface area contributed by atoms with Crippen LogP contribution < -0.4 is 14.7 Å². The number of carboxylic acids is 1. The monoisotopic (exact) mass is 422 g/mol. The zero-order valence-corrected chi connectivity index (χ0v) is 15.8. The first kappa shape index (κ1) is 19.3. The largest absolute Gasteiger partial charge is 0.546 e. The van der Waals surface area contributed by atoms with E-state index in [9.17, 15) is 19.5 Å². The molecule has 0 aliphatic carbocycles. The van der Waals surface area contributed by atoms with E-state index in [1.165, 1.54) is 24.3 Å². The molecule has 2 aromatic rings. The van der Waals surface area contributed by atoms with Crippen LogP contribution >= 0.6 is 35.0 Å². The molecule has 27 heavy (non-hydrogen) atoms. The predicted octanol–water partition coefficient (Wildman–Crippen LogP) is 3.36. The number of halogens is 2. The molecule has 9 heteroatoms. The molecule has 6 nitrogen and oxygen atoms in total. The van der Waals surface area contributed by atoms with Gasteiger partial charge in [0.15, 0.2) is 0 Å². The minimum atomic E-state index is -1.34. The van der Waals surface area contributed by atoms with Crippen molar-refractivity contribution in [2.24, 2.45) is 0 Å². The standard InChI is InChI=1S/C18H11Cl2NO5S/c19-13-5-4-11(8-14(13)20)21-17(24)15(27-18(21)25)7-10-2-1-3-12(6-10)26-9-16(22)23/h1-8H,9H2,(H,22,23)/p-1/b15-7+. The fraction of sp³-hybridized carbons (Fsp3) is 0.0556. The summed E-state index contributed by atoms with van der Waals surface area (Å²) in [5, 5.41) is 10.6. The summed E-state index contributed by atoms with van der Waals surface area (Å²) in [6.07, 6.45) is 1.52. The number of anilines is 1. The highest BCUT2D eigenvalue weighted by molar-refractivity contribution is 8.19. The van der Waals surface area contributed by atoms with Crippen LogP contribution in [-0.4, -0.2) is 23.7 Å². The van der Waals surface area contributed by atoms with Crippen LogP contribution in [0.15, 0.2) is 47.4 Å². The SMILES string of the molecule is O=C([O-])COc1cccc(/C=C2/SC(=O)N(c3ccc(Cl)c(Cl)c3)C2=O)c1. The molecule has 1 fully saturated rings. The summed E-state index contributed by atoms with van der Waals surface area (Å²) in [4.78, 5) is 36.6. The van der Waals surface area contributed by atoms with Crippen LogP contribution in [0.3, 0.4) is 0 Å². The minimum Gasteiger partial charge on any atom is -0.546 e. The van der Waals surface area contributed by atoms with Gasteiger partial charge in [-0.1, -0.05) is 35.3 Å². The van der Waals surface area contributed by atoms with E-state index in [1.54, 1.807) is 24.3 Å². The van der Waals surface area contributed by atoms with Crippen molar-refractivity contribution in [3.63, 3.8) is 0 Å². The van der Waals surface area contributed by atoms with Crippen molar-refractivity contribution in [1.82, 2.24) is 0 Å². The molecular formula is C18H10Cl2NO5S-. The summed E-state index contributed by atoms with van der Waals surface area (Å²) in [6.45, 7) is -0.586. The molecular weight excluding hydrogens is 413 g/mol. The molecule has 0 bridgehead atoms. The van der Waals surface area contributed by atoms with Crippen LogP contribution in [0.2, 0.25) is 10.0 Å². The lowest BCUT2D eigenvalue weighted by Crippen LogP contribution is -2.28. The number of rotatable bonds is 5. The average molecular weight is 423 g/mol. The van der Waals surface area contributed by atoms with Gasteiger partial charge in [0.2, 0.25) is 0 Å². The van der Waals surface area contributed by atoms with Gasteiger partial charge >= 0.3 is 0 Å². The maximum Gasteiger partial charge on any atom is 0.298 e. The van der Waals surface area contributed by atoms with E-state index in [1.807, 2.05) is 0 Å². The van der Waals surface area contributed by atoms with Crippen molar-refractivity contribution in [2.45, 2.75) is 0 Å². The topological polar surface area (TPSA) is 86.7 Å². The number of carbonyl (C=O) groups is 3. The zero-order chi connectivity index (χ0) is 19.6. The van der Waals surface area contributed by atoms with Crippen LogP contribution in [0.5, 0.6) is 5.75 Å². The van der Waals surface area contributed by atoms with Crippen LogP contribution in [-0.2, 0) is 9.59 Å². The molecule has 0 unspecified atom stereocenters. The van der Waals surface area contributed by atoms with Crippen molar-refractivity contribution in [1.29, 1.82) is 0 Å². The summed E-state index contributed by atoms with van der Waals surface area (Å²) in [5.74, 6) is -1.54. The van der Waals surface area contributed by atoms with E-state index in [-0.39, 0.29) is 9.93 Å². The van der Waals surface area contributed by atoms with Crippen molar-refractivity contribution < 1.29 is 24.2 Å². The number of ether oxygens (including phenoxy) is 1. The van der Waals surface area contributed by atoms with E-state index in [2.05, 4.69) is 0 Å². The lowest BCUT2D eigenvalue weighted by atomic mass is 10.2. The van der Waals surface area contributed by atoms with Crippen molar-refractivity contribution in [2.75, 3.05) is 11.5 Å². The second-order valence-electron chi connectivity index (χ2n) is 5.35. The normalized spacial score (nSPS) is 15.5. The molecule has 1 saturated heterocycles. The second kappa shape index (κ2) is 8.04. The number of hydrogen-bond donors (Lipinski definition) is 0. The van der Waals surface area contributed by atoms with Gasteiger partial charge in [0.05, 0.1) is 26.6 Å². The van der Waals surface area contributed by atoms with Crippen LogP contribution in [0.4, 0.5) is 10.5 Å². The predicted molar refractivity (Wildman–Crippen MR) is 102 cm³/mol. The number of imide groups is 1. The lowest BCUT2D eigenvalue weighted by molar-refractivity contribution is -0.307. The summed E-state index contributed by atoms with van der Waals surface area (Å²) in [5.41, 5.74) is 0.895. The Morgan fingerprint density at radius 2 is 1.93 bits per heavy atom. The number of thioether (sulfide) groups is 1. The number of benzene rings is 2. The van der Waals surface area contributed by atoms with Gasteiger partial charge < -0.3 is 14.6 Å². The lowest BCUT2D eigenvalue weighted by Gasteiger charge is -2.13. The van der Waals surface area contributed by atoms with Crippen LogP contribution in [0, 0.1) is 0 Å². The molecule has 0 N–H and O–H groups in total. The number of hydrogen-bond acceptors (Lipinski definition) is 6. The minimum absolute atomic E-state index is 0.211. The fourth-order valence-electron chi connectivity index (χ4n) is 2.30. The molecule has 1 aliphatic rings. The van der Waals surface area contributed by atoms with E-state index in [4.69, 9.17) is 27.9 Å². The molecule has 1 heterocycles. The van der Waals surface area contributed by atoms with Gasteiger partial charge in [-0.3, -0.25) is 9.59 Å². The Hall–Kier alpha value is -2.48. The van der Waals surface area contributed by atoms with Gasteiger partial charge in [-0.25, -0.2) is 4.90 Å². The first-order chi connectivity index (χ1) is 12.8. The number of aliphatic carboxylic acids is 1. The van der Waals surface area contributed by atoms with Crippen molar-refractivity contribution in [3.8, 4) is 5.75 Å². The average Bonchev–Trinajstić information content (AvgIpc) is 2.89. The third-order valence-electron chi connectivity index (χ3n) is 3.47. The highest BCUT2D eigenvalue weighted by atomic mass is 35.5. The molecule has 0 spiro atoms. The van der Waals surface area contributed by atoms with Crippen LogP contribution in [0.1, 0.15) is 5.56 Å². The molecule has 0 radical (unpaired) electrons. The smallest absolute Gasteiger partial charge is 0.298 e. The van der Waals surface area contributed by atoms with Crippen LogP contribution in [0.25, 0.3) is 6.08 Å². The Balaban J connectivity index is 1.85. The summed E-state index contributed by atoms with van der Waals surface area (Å²) >= 11 is 12.6.